The average molecular weight is 471 g/mol. The zero-order chi connectivity index (χ0) is 24.2. The number of carbonyl (C=O) groups excluding carboxylic acids is 2. The summed E-state index contributed by atoms with van der Waals surface area (Å²) in [4.78, 5) is 29.6. The second-order valence-corrected chi connectivity index (χ2v) is 8.98. The lowest BCUT2D eigenvalue weighted by Gasteiger charge is -2.34. The van der Waals surface area contributed by atoms with Crippen LogP contribution in [0.1, 0.15) is 18.4 Å². The number of fused-ring (bicyclic) bond motifs is 1. The summed E-state index contributed by atoms with van der Waals surface area (Å²) in [5, 5.41) is 6.09. The number of carbonyl (C=O) groups is 2. The van der Waals surface area contributed by atoms with Gasteiger partial charge in [-0.2, -0.15) is 0 Å². The first-order valence-corrected chi connectivity index (χ1v) is 12.1. The van der Waals surface area contributed by atoms with Crippen LogP contribution < -0.4 is 20.3 Å². The van der Waals surface area contributed by atoms with Gasteiger partial charge in [0.2, 0.25) is 0 Å². The monoisotopic (exact) mass is 470 g/mol. The summed E-state index contributed by atoms with van der Waals surface area (Å²) in [6.07, 6.45) is 2.51. The molecule has 0 saturated carbocycles. The van der Waals surface area contributed by atoms with E-state index in [0.29, 0.717) is 31.1 Å². The van der Waals surface area contributed by atoms with E-state index in [9.17, 15) is 9.59 Å². The Kier molecular flexibility index (Phi) is 6.57. The number of hydrogen-bond acceptors (Lipinski definition) is 3. The molecule has 3 aromatic rings. The molecule has 0 spiro atoms. The van der Waals surface area contributed by atoms with Gasteiger partial charge in [-0.1, -0.05) is 48.5 Å². The van der Waals surface area contributed by atoms with E-state index in [1.165, 1.54) is 11.1 Å². The topological polar surface area (TPSA) is 73.9 Å². The summed E-state index contributed by atoms with van der Waals surface area (Å²) in [6.45, 7) is 1.78. The molecule has 3 aromatic carbocycles. The van der Waals surface area contributed by atoms with E-state index < -0.39 is 0 Å². The number of ether oxygens (including phenoxy) is 1. The molecule has 2 aliphatic rings. The second-order valence-electron chi connectivity index (χ2n) is 8.98. The van der Waals surface area contributed by atoms with Crippen molar-refractivity contribution in [2.45, 2.75) is 25.3 Å². The van der Waals surface area contributed by atoms with Crippen molar-refractivity contribution in [2.75, 3.05) is 37.0 Å². The number of benzene rings is 3. The van der Waals surface area contributed by atoms with Crippen LogP contribution in [-0.4, -0.2) is 49.7 Å². The molecule has 2 heterocycles. The first-order chi connectivity index (χ1) is 17.1. The molecular weight excluding hydrogens is 440 g/mol. The predicted octanol–water partition coefficient (Wildman–Crippen LogP) is 5.13. The minimum absolute atomic E-state index is 0.0905. The highest BCUT2D eigenvalue weighted by molar-refractivity contribution is 5.95. The summed E-state index contributed by atoms with van der Waals surface area (Å²) in [5.74, 6) is 0.617. The van der Waals surface area contributed by atoms with E-state index in [1.807, 2.05) is 53.4 Å². The van der Waals surface area contributed by atoms with Crippen LogP contribution in [0.5, 0.6) is 5.75 Å². The maximum absolute atomic E-state index is 13.2. The van der Waals surface area contributed by atoms with Crippen LogP contribution in [0.3, 0.4) is 0 Å². The Bertz CT molecular complexity index is 1210. The molecule has 1 saturated heterocycles. The number of methoxy groups -OCH3 is 1. The fourth-order valence-corrected chi connectivity index (χ4v) is 4.90. The van der Waals surface area contributed by atoms with Gasteiger partial charge in [0.1, 0.15) is 5.75 Å². The fourth-order valence-electron chi connectivity index (χ4n) is 4.90. The number of nitrogens with one attached hydrogen (secondary N) is 2. The van der Waals surface area contributed by atoms with Crippen molar-refractivity contribution in [2.24, 2.45) is 0 Å². The molecule has 0 aromatic heterocycles. The molecule has 180 valence electrons. The Hall–Kier alpha value is -4.00. The Morgan fingerprint density at radius 2 is 1.71 bits per heavy atom. The van der Waals surface area contributed by atoms with E-state index >= 15 is 0 Å². The third kappa shape index (κ3) is 4.94. The largest absolute Gasteiger partial charge is 0.495 e. The lowest BCUT2D eigenvalue weighted by molar-refractivity contribution is 0.184. The predicted molar refractivity (Wildman–Crippen MR) is 138 cm³/mol. The molecule has 2 N–H and O–H groups in total. The van der Waals surface area contributed by atoms with E-state index in [0.717, 1.165) is 30.5 Å². The molecule has 5 rings (SSSR count). The lowest BCUT2D eigenvalue weighted by Crippen LogP contribution is -2.53. The van der Waals surface area contributed by atoms with Crippen LogP contribution >= 0.6 is 0 Å². The number of piperidine rings is 1. The Morgan fingerprint density at radius 1 is 0.914 bits per heavy atom. The Balaban J connectivity index is 1.21. The second kappa shape index (κ2) is 10.1. The number of nitrogens with zero attached hydrogens (tertiary/aromatic N) is 2. The quantitative estimate of drug-likeness (QED) is 0.555. The van der Waals surface area contributed by atoms with Crippen molar-refractivity contribution in [1.82, 2.24) is 10.2 Å². The minimum atomic E-state index is -0.187. The Labute approximate surface area is 205 Å². The van der Waals surface area contributed by atoms with Crippen molar-refractivity contribution in [3.8, 4) is 16.9 Å². The normalized spacial score (nSPS) is 17.0. The number of rotatable bonds is 4. The van der Waals surface area contributed by atoms with Gasteiger partial charge in [-0.3, -0.25) is 4.90 Å². The van der Waals surface area contributed by atoms with Crippen LogP contribution in [0.2, 0.25) is 0 Å². The van der Waals surface area contributed by atoms with Gasteiger partial charge < -0.3 is 20.3 Å². The van der Waals surface area contributed by atoms with Crippen LogP contribution in [0.4, 0.5) is 21.0 Å². The van der Waals surface area contributed by atoms with E-state index in [2.05, 4.69) is 34.9 Å². The van der Waals surface area contributed by atoms with Gasteiger partial charge in [-0.25, -0.2) is 9.59 Å². The molecule has 4 amide bonds. The molecule has 7 nitrogen and oxygen atoms in total. The summed E-state index contributed by atoms with van der Waals surface area (Å²) in [5.41, 5.74) is 5.11. The van der Waals surface area contributed by atoms with Gasteiger partial charge >= 0.3 is 12.1 Å². The first kappa shape index (κ1) is 22.8. The number of amides is 4. The molecule has 7 heteroatoms. The number of para-hydroxylation sites is 2. The molecule has 1 atom stereocenters. The van der Waals surface area contributed by atoms with E-state index in [1.54, 1.807) is 12.0 Å². The van der Waals surface area contributed by atoms with Gasteiger partial charge in [0.05, 0.1) is 12.8 Å². The number of hydrogen-bond donors (Lipinski definition) is 2. The highest BCUT2D eigenvalue weighted by Crippen LogP contribution is 2.32. The van der Waals surface area contributed by atoms with Gasteiger partial charge in [0, 0.05) is 31.4 Å². The van der Waals surface area contributed by atoms with Crippen molar-refractivity contribution >= 4 is 23.4 Å². The summed E-state index contributed by atoms with van der Waals surface area (Å²) in [6, 6.07) is 23.5. The van der Waals surface area contributed by atoms with Crippen molar-refractivity contribution < 1.29 is 14.3 Å². The number of likely N-dealkylation sites (tertiary alicyclic amines) is 1. The third-order valence-electron chi connectivity index (χ3n) is 6.71. The maximum atomic E-state index is 13.2. The average Bonchev–Trinajstić information content (AvgIpc) is 3.33. The zero-order valence-electron chi connectivity index (χ0n) is 19.9. The van der Waals surface area contributed by atoms with E-state index in [4.69, 9.17) is 4.74 Å². The summed E-state index contributed by atoms with van der Waals surface area (Å²) >= 11 is 0. The first-order valence-electron chi connectivity index (χ1n) is 12.1. The number of urea groups is 2. The van der Waals surface area contributed by atoms with Crippen LogP contribution in [0, 0.1) is 0 Å². The van der Waals surface area contributed by atoms with Crippen LogP contribution in [0.15, 0.2) is 72.8 Å². The minimum Gasteiger partial charge on any atom is -0.495 e. The fraction of sp³-hybridized carbons (Fsp3) is 0.286. The highest BCUT2D eigenvalue weighted by Gasteiger charge is 2.29. The molecule has 2 aliphatic heterocycles. The molecule has 1 fully saturated rings. The molecule has 1 unspecified atom stereocenters. The standard InChI is InChI=1S/C28H30N4O3/c1-35-26-12-6-5-11-24(26)30-27(33)31-16-7-10-23(19-31)29-28(34)32-17-15-22-18-21(13-14-25(22)32)20-8-3-2-4-9-20/h2-6,8-9,11-14,18,23H,7,10,15-17,19H2,1H3,(H,29,34)(H,30,33). The summed E-state index contributed by atoms with van der Waals surface area (Å²) in [7, 11) is 1.58. The SMILES string of the molecule is COc1ccccc1NC(=O)N1CCCC(NC(=O)N2CCc3cc(-c4ccccc4)ccc32)C1. The van der Waals surface area contributed by atoms with Gasteiger partial charge in [0.15, 0.2) is 0 Å². The van der Waals surface area contributed by atoms with Gasteiger partial charge in [-0.15, -0.1) is 0 Å². The smallest absolute Gasteiger partial charge is 0.322 e. The van der Waals surface area contributed by atoms with E-state index in [-0.39, 0.29) is 18.1 Å². The molecule has 0 radical (unpaired) electrons. The molecule has 35 heavy (non-hydrogen) atoms. The van der Waals surface area contributed by atoms with Gasteiger partial charge in [-0.05, 0) is 60.2 Å². The lowest BCUT2D eigenvalue weighted by atomic mass is 10.0. The number of anilines is 2. The maximum Gasteiger partial charge on any atom is 0.322 e. The zero-order valence-corrected chi connectivity index (χ0v) is 19.9. The van der Waals surface area contributed by atoms with Crippen molar-refractivity contribution in [3.05, 3.63) is 78.4 Å². The molecular formula is C28H30N4O3. The highest BCUT2D eigenvalue weighted by atomic mass is 16.5. The molecule has 0 aliphatic carbocycles. The Morgan fingerprint density at radius 3 is 2.54 bits per heavy atom. The van der Waals surface area contributed by atoms with Crippen LogP contribution in [-0.2, 0) is 6.42 Å². The van der Waals surface area contributed by atoms with Crippen molar-refractivity contribution in [3.63, 3.8) is 0 Å². The van der Waals surface area contributed by atoms with Gasteiger partial charge in [0.25, 0.3) is 0 Å². The summed E-state index contributed by atoms with van der Waals surface area (Å²) < 4.78 is 5.33. The molecule has 0 bridgehead atoms. The van der Waals surface area contributed by atoms with Crippen molar-refractivity contribution in [1.29, 1.82) is 0 Å². The van der Waals surface area contributed by atoms with Crippen LogP contribution in [0.25, 0.3) is 11.1 Å². The third-order valence-corrected chi connectivity index (χ3v) is 6.71.